The Morgan fingerprint density at radius 2 is 2.08 bits per heavy atom. The van der Waals surface area contributed by atoms with E-state index >= 15 is 0 Å². The van der Waals surface area contributed by atoms with Crippen LogP contribution in [-0.4, -0.2) is 55.1 Å². The molecule has 2 aliphatic heterocycles. The molecule has 0 spiro atoms. The average molecular weight is 330 g/mol. The molecule has 3 rings (SSSR count). The Hall–Kier alpha value is -2.08. The van der Waals surface area contributed by atoms with Gasteiger partial charge in [0.1, 0.15) is 0 Å². The van der Waals surface area contributed by atoms with Gasteiger partial charge in [-0.2, -0.15) is 0 Å². The van der Waals surface area contributed by atoms with E-state index in [1.54, 1.807) is 4.90 Å². The van der Waals surface area contributed by atoms with Gasteiger partial charge in [-0.15, -0.1) is 0 Å². The summed E-state index contributed by atoms with van der Waals surface area (Å²) in [4.78, 5) is 28.4. The lowest BCUT2D eigenvalue weighted by atomic mass is 10.2. The normalized spacial score (nSPS) is 24.4. The van der Waals surface area contributed by atoms with Gasteiger partial charge in [0.05, 0.1) is 6.04 Å². The maximum absolute atomic E-state index is 12.2. The maximum atomic E-state index is 12.2. The van der Waals surface area contributed by atoms with E-state index in [-0.39, 0.29) is 18.0 Å². The van der Waals surface area contributed by atoms with Crippen molar-refractivity contribution in [2.75, 3.05) is 31.1 Å². The SMILES string of the molecule is CCN1CCC[C@H]1CNC(=O)N[C@@H]1CC(=O)N(c2ccccc2)C1. The number of hydrogen-bond donors (Lipinski definition) is 2. The third-order valence-corrected chi connectivity index (χ3v) is 4.93. The van der Waals surface area contributed by atoms with Crippen molar-refractivity contribution in [1.82, 2.24) is 15.5 Å². The molecule has 2 atom stereocenters. The zero-order chi connectivity index (χ0) is 16.9. The molecule has 1 aromatic rings. The van der Waals surface area contributed by atoms with Crippen molar-refractivity contribution < 1.29 is 9.59 Å². The number of likely N-dealkylation sites (tertiary alicyclic amines) is 1. The average Bonchev–Trinajstić information content (AvgIpc) is 3.19. The Bertz CT molecular complexity index is 578. The predicted octanol–water partition coefficient (Wildman–Crippen LogP) is 1.58. The fourth-order valence-corrected chi connectivity index (χ4v) is 3.65. The molecular weight excluding hydrogens is 304 g/mol. The molecule has 0 radical (unpaired) electrons. The molecule has 6 nitrogen and oxygen atoms in total. The van der Waals surface area contributed by atoms with Gasteiger partial charge in [0.15, 0.2) is 0 Å². The van der Waals surface area contributed by atoms with Crippen LogP contribution in [0.15, 0.2) is 30.3 Å². The number of carbonyl (C=O) groups is 2. The third kappa shape index (κ3) is 3.87. The topological polar surface area (TPSA) is 64.7 Å². The van der Waals surface area contributed by atoms with Crippen LogP contribution in [0.1, 0.15) is 26.2 Å². The zero-order valence-corrected chi connectivity index (χ0v) is 14.2. The number of amides is 3. The summed E-state index contributed by atoms with van der Waals surface area (Å²) in [7, 11) is 0. The number of rotatable bonds is 5. The minimum Gasteiger partial charge on any atom is -0.337 e. The van der Waals surface area contributed by atoms with Crippen molar-refractivity contribution in [3.05, 3.63) is 30.3 Å². The Morgan fingerprint density at radius 3 is 2.83 bits per heavy atom. The van der Waals surface area contributed by atoms with E-state index in [0.717, 1.165) is 25.2 Å². The van der Waals surface area contributed by atoms with E-state index in [1.165, 1.54) is 6.42 Å². The Labute approximate surface area is 143 Å². The quantitative estimate of drug-likeness (QED) is 0.861. The van der Waals surface area contributed by atoms with E-state index in [2.05, 4.69) is 22.5 Å². The molecule has 130 valence electrons. The molecule has 2 fully saturated rings. The highest BCUT2D eigenvalue weighted by molar-refractivity contribution is 5.96. The van der Waals surface area contributed by atoms with E-state index < -0.39 is 0 Å². The second kappa shape index (κ2) is 7.66. The maximum Gasteiger partial charge on any atom is 0.315 e. The van der Waals surface area contributed by atoms with Gasteiger partial charge in [-0.1, -0.05) is 25.1 Å². The molecule has 24 heavy (non-hydrogen) atoms. The number of nitrogens with one attached hydrogen (secondary N) is 2. The molecule has 0 saturated carbocycles. The molecule has 0 aromatic heterocycles. The molecule has 1 aromatic carbocycles. The second-order valence-electron chi connectivity index (χ2n) is 6.52. The van der Waals surface area contributed by atoms with Crippen LogP contribution in [0.4, 0.5) is 10.5 Å². The van der Waals surface area contributed by atoms with E-state index in [4.69, 9.17) is 0 Å². The number of anilines is 1. The fraction of sp³-hybridized carbons (Fsp3) is 0.556. The standard InChI is InChI=1S/C18H26N4O2/c1-2-21-10-6-9-16(21)12-19-18(24)20-14-11-17(23)22(13-14)15-7-4-3-5-8-15/h3-5,7-8,14,16H,2,6,9-13H2,1H3,(H2,19,20,24)/t14-,16+/m1/s1. The molecule has 3 amide bonds. The smallest absolute Gasteiger partial charge is 0.315 e. The zero-order valence-electron chi connectivity index (χ0n) is 14.2. The second-order valence-corrected chi connectivity index (χ2v) is 6.52. The molecule has 6 heteroatoms. The van der Waals surface area contributed by atoms with Crippen LogP contribution in [0.25, 0.3) is 0 Å². The van der Waals surface area contributed by atoms with E-state index in [1.807, 2.05) is 30.3 Å². The molecular formula is C18H26N4O2. The van der Waals surface area contributed by atoms with Crippen LogP contribution in [-0.2, 0) is 4.79 Å². The Balaban J connectivity index is 1.46. The highest BCUT2D eigenvalue weighted by Gasteiger charge is 2.31. The van der Waals surface area contributed by atoms with Gasteiger partial charge in [0.25, 0.3) is 0 Å². The summed E-state index contributed by atoms with van der Waals surface area (Å²) in [5.74, 6) is 0.0550. The predicted molar refractivity (Wildman–Crippen MR) is 94.0 cm³/mol. The first-order valence-electron chi connectivity index (χ1n) is 8.81. The highest BCUT2D eigenvalue weighted by atomic mass is 16.2. The van der Waals surface area contributed by atoms with Crippen LogP contribution < -0.4 is 15.5 Å². The first-order chi connectivity index (χ1) is 11.7. The number of para-hydroxylation sites is 1. The van der Waals surface area contributed by atoms with Gasteiger partial charge >= 0.3 is 6.03 Å². The number of hydrogen-bond acceptors (Lipinski definition) is 3. The van der Waals surface area contributed by atoms with Crippen molar-refractivity contribution in [3.63, 3.8) is 0 Å². The van der Waals surface area contributed by atoms with Gasteiger partial charge in [-0.25, -0.2) is 4.79 Å². The van der Waals surface area contributed by atoms with Gasteiger partial charge in [-0.3, -0.25) is 9.69 Å². The molecule has 2 aliphatic rings. The summed E-state index contributed by atoms with van der Waals surface area (Å²) in [6.07, 6.45) is 2.69. The number of nitrogens with zero attached hydrogens (tertiary/aromatic N) is 2. The van der Waals surface area contributed by atoms with Crippen LogP contribution in [0.3, 0.4) is 0 Å². The van der Waals surface area contributed by atoms with Gasteiger partial charge in [-0.05, 0) is 38.1 Å². The van der Waals surface area contributed by atoms with Crippen LogP contribution in [0.5, 0.6) is 0 Å². The molecule has 0 aliphatic carbocycles. The summed E-state index contributed by atoms with van der Waals surface area (Å²) in [5.41, 5.74) is 0.886. The molecule has 0 bridgehead atoms. The van der Waals surface area contributed by atoms with E-state index in [9.17, 15) is 9.59 Å². The van der Waals surface area contributed by atoms with Gasteiger partial charge < -0.3 is 15.5 Å². The number of benzene rings is 1. The summed E-state index contributed by atoms with van der Waals surface area (Å²) in [6.45, 7) is 5.50. The van der Waals surface area contributed by atoms with Crippen molar-refractivity contribution >= 4 is 17.6 Å². The van der Waals surface area contributed by atoms with Crippen LogP contribution in [0, 0.1) is 0 Å². The largest absolute Gasteiger partial charge is 0.337 e. The summed E-state index contributed by atoms with van der Waals surface area (Å²) >= 11 is 0. The van der Waals surface area contributed by atoms with Gasteiger partial charge in [0, 0.05) is 31.2 Å². The number of likely N-dealkylation sites (N-methyl/N-ethyl adjacent to an activating group) is 1. The molecule has 0 unspecified atom stereocenters. The first-order valence-corrected chi connectivity index (χ1v) is 8.81. The molecule has 2 heterocycles. The van der Waals surface area contributed by atoms with Crippen LogP contribution >= 0.6 is 0 Å². The Kier molecular flexibility index (Phi) is 5.35. The first kappa shape index (κ1) is 16.8. The van der Waals surface area contributed by atoms with E-state index in [0.29, 0.717) is 25.6 Å². The van der Waals surface area contributed by atoms with Crippen LogP contribution in [0.2, 0.25) is 0 Å². The fourth-order valence-electron chi connectivity index (χ4n) is 3.65. The lowest BCUT2D eigenvalue weighted by Gasteiger charge is -2.23. The number of urea groups is 1. The third-order valence-electron chi connectivity index (χ3n) is 4.93. The Morgan fingerprint density at radius 1 is 1.29 bits per heavy atom. The number of carbonyl (C=O) groups excluding carboxylic acids is 2. The summed E-state index contributed by atoms with van der Waals surface area (Å²) in [5, 5.41) is 5.90. The molecule has 2 saturated heterocycles. The van der Waals surface area contributed by atoms with Gasteiger partial charge in [0.2, 0.25) is 5.91 Å². The van der Waals surface area contributed by atoms with Crippen molar-refractivity contribution in [2.45, 2.75) is 38.3 Å². The lowest BCUT2D eigenvalue weighted by Crippen LogP contribution is -2.47. The summed E-state index contributed by atoms with van der Waals surface area (Å²) < 4.78 is 0. The van der Waals surface area contributed by atoms with Crippen molar-refractivity contribution in [1.29, 1.82) is 0 Å². The molecule has 2 N–H and O–H groups in total. The lowest BCUT2D eigenvalue weighted by molar-refractivity contribution is -0.117. The highest BCUT2D eigenvalue weighted by Crippen LogP contribution is 2.21. The minimum atomic E-state index is -0.175. The van der Waals surface area contributed by atoms with Crippen molar-refractivity contribution in [2.24, 2.45) is 0 Å². The monoisotopic (exact) mass is 330 g/mol. The van der Waals surface area contributed by atoms with Crippen molar-refractivity contribution in [3.8, 4) is 0 Å². The minimum absolute atomic E-state index is 0.0550. The summed E-state index contributed by atoms with van der Waals surface area (Å²) in [6, 6.07) is 9.71.